The molecule has 4 nitrogen and oxygen atoms in total. The maximum absolute atomic E-state index is 12.9. The number of benzene rings is 2. The van der Waals surface area contributed by atoms with E-state index in [-0.39, 0.29) is 5.82 Å². The third kappa shape index (κ3) is 3.49. The number of halogens is 1. The van der Waals surface area contributed by atoms with Crippen LogP contribution in [0.15, 0.2) is 52.9 Å². The van der Waals surface area contributed by atoms with Gasteiger partial charge in [-0.15, -0.1) is 5.10 Å². The van der Waals surface area contributed by atoms with Gasteiger partial charge in [-0.05, 0) is 35.7 Å². The average Bonchev–Trinajstić information content (AvgIpc) is 2.96. The highest BCUT2D eigenvalue weighted by Crippen LogP contribution is 2.14. The summed E-state index contributed by atoms with van der Waals surface area (Å²) in [5, 5.41) is 11.1. The summed E-state index contributed by atoms with van der Waals surface area (Å²) in [4.78, 5) is 0. The van der Waals surface area contributed by atoms with Crippen molar-refractivity contribution < 1.29 is 8.81 Å². The van der Waals surface area contributed by atoms with E-state index in [1.54, 1.807) is 12.1 Å². The van der Waals surface area contributed by atoms with Crippen molar-refractivity contribution in [2.75, 3.05) is 5.32 Å². The molecule has 0 atom stereocenters. The molecule has 0 aliphatic rings. The van der Waals surface area contributed by atoms with Gasteiger partial charge >= 0.3 is 6.01 Å². The first-order valence-corrected chi connectivity index (χ1v) is 7.06. The molecule has 1 N–H and O–H groups in total. The third-order valence-corrected chi connectivity index (χ3v) is 3.43. The van der Waals surface area contributed by atoms with Crippen LogP contribution in [0, 0.1) is 12.7 Å². The normalized spacial score (nSPS) is 10.6. The first kappa shape index (κ1) is 14.3. The third-order valence-electron chi connectivity index (χ3n) is 3.43. The number of nitrogens with one attached hydrogen (secondary N) is 1. The van der Waals surface area contributed by atoms with Crippen LogP contribution in [0.1, 0.15) is 22.6 Å². The average molecular weight is 297 g/mol. The van der Waals surface area contributed by atoms with Gasteiger partial charge in [-0.1, -0.05) is 41.5 Å². The first-order valence-electron chi connectivity index (χ1n) is 7.06. The number of nitrogens with zero attached hydrogens (tertiary/aromatic N) is 2. The van der Waals surface area contributed by atoms with Crippen LogP contribution in [-0.4, -0.2) is 10.2 Å². The van der Waals surface area contributed by atoms with E-state index in [2.05, 4.69) is 34.6 Å². The molecule has 0 aliphatic carbocycles. The van der Waals surface area contributed by atoms with Gasteiger partial charge in [0, 0.05) is 6.54 Å². The van der Waals surface area contributed by atoms with Gasteiger partial charge in [0.15, 0.2) is 0 Å². The van der Waals surface area contributed by atoms with Crippen molar-refractivity contribution in [1.82, 2.24) is 10.2 Å². The lowest BCUT2D eigenvalue weighted by Gasteiger charge is -2.04. The number of hydrogen-bond donors (Lipinski definition) is 1. The summed E-state index contributed by atoms with van der Waals surface area (Å²) in [6.07, 6.45) is 0.485. The molecule has 0 spiro atoms. The van der Waals surface area contributed by atoms with Gasteiger partial charge in [0.05, 0.1) is 6.42 Å². The van der Waals surface area contributed by atoms with Gasteiger partial charge < -0.3 is 9.73 Å². The van der Waals surface area contributed by atoms with E-state index < -0.39 is 0 Å². The monoisotopic (exact) mass is 297 g/mol. The zero-order valence-electron chi connectivity index (χ0n) is 12.2. The standard InChI is InChI=1S/C17H16FN3O/c1-12-4-2-3-5-14(12)11-19-17-21-20-16(22-17)10-13-6-8-15(18)9-7-13/h2-9H,10-11H2,1H3,(H,19,21). The molecule has 0 unspecified atom stereocenters. The van der Waals surface area contributed by atoms with Crippen molar-refractivity contribution in [3.63, 3.8) is 0 Å². The Morgan fingerprint density at radius 3 is 2.59 bits per heavy atom. The number of hydrogen-bond acceptors (Lipinski definition) is 4. The van der Waals surface area contributed by atoms with Crippen molar-refractivity contribution in [2.45, 2.75) is 19.9 Å². The van der Waals surface area contributed by atoms with Crippen molar-refractivity contribution >= 4 is 6.01 Å². The smallest absolute Gasteiger partial charge is 0.315 e. The predicted molar refractivity (Wildman–Crippen MR) is 82.0 cm³/mol. The molecule has 5 heteroatoms. The van der Waals surface area contributed by atoms with E-state index in [1.807, 2.05) is 12.1 Å². The van der Waals surface area contributed by atoms with Crippen molar-refractivity contribution in [1.29, 1.82) is 0 Å². The maximum Gasteiger partial charge on any atom is 0.315 e. The van der Waals surface area contributed by atoms with Crippen LogP contribution < -0.4 is 5.32 Å². The predicted octanol–water partition coefficient (Wildman–Crippen LogP) is 3.72. The number of rotatable bonds is 5. The Bertz CT molecular complexity index is 753. The molecule has 0 saturated heterocycles. The second-order valence-corrected chi connectivity index (χ2v) is 5.08. The summed E-state index contributed by atoms with van der Waals surface area (Å²) < 4.78 is 18.4. The number of aromatic nitrogens is 2. The van der Waals surface area contributed by atoms with Crippen LogP contribution in [0.4, 0.5) is 10.4 Å². The highest BCUT2D eigenvalue weighted by molar-refractivity contribution is 5.30. The fourth-order valence-electron chi connectivity index (χ4n) is 2.15. The molecule has 0 fully saturated rings. The molecular weight excluding hydrogens is 281 g/mol. The van der Waals surface area contributed by atoms with E-state index >= 15 is 0 Å². The van der Waals surface area contributed by atoms with Gasteiger partial charge in [-0.25, -0.2) is 4.39 Å². The number of aryl methyl sites for hydroxylation is 1. The van der Waals surface area contributed by atoms with Crippen molar-refractivity contribution in [3.8, 4) is 0 Å². The molecule has 0 radical (unpaired) electrons. The van der Waals surface area contributed by atoms with E-state index in [0.717, 1.165) is 5.56 Å². The molecule has 3 rings (SSSR count). The molecule has 3 aromatic rings. The Kier molecular flexibility index (Phi) is 4.14. The Labute approximate surface area is 128 Å². The molecular formula is C17H16FN3O. The van der Waals surface area contributed by atoms with Gasteiger partial charge in [-0.2, -0.15) is 0 Å². The Balaban J connectivity index is 1.61. The van der Waals surface area contributed by atoms with E-state index in [0.29, 0.717) is 24.9 Å². The van der Waals surface area contributed by atoms with Gasteiger partial charge in [0.2, 0.25) is 5.89 Å². The highest BCUT2D eigenvalue weighted by atomic mass is 19.1. The van der Waals surface area contributed by atoms with Crippen LogP contribution in [0.3, 0.4) is 0 Å². The van der Waals surface area contributed by atoms with Gasteiger partial charge in [0.25, 0.3) is 0 Å². The van der Waals surface area contributed by atoms with E-state index in [9.17, 15) is 4.39 Å². The van der Waals surface area contributed by atoms with Crippen molar-refractivity contribution in [2.24, 2.45) is 0 Å². The quantitative estimate of drug-likeness (QED) is 0.780. The lowest BCUT2D eigenvalue weighted by molar-refractivity contribution is 0.516. The van der Waals surface area contributed by atoms with Crippen LogP contribution in [0.5, 0.6) is 0 Å². The second-order valence-electron chi connectivity index (χ2n) is 5.08. The maximum atomic E-state index is 12.9. The van der Waals surface area contributed by atoms with Gasteiger partial charge in [-0.3, -0.25) is 0 Å². The minimum Gasteiger partial charge on any atom is -0.408 e. The lowest BCUT2D eigenvalue weighted by Crippen LogP contribution is -2.01. The minimum absolute atomic E-state index is 0.255. The Hall–Kier alpha value is -2.69. The zero-order valence-corrected chi connectivity index (χ0v) is 12.2. The molecule has 0 saturated carbocycles. The summed E-state index contributed by atoms with van der Waals surface area (Å²) in [5.41, 5.74) is 3.32. The summed E-state index contributed by atoms with van der Waals surface area (Å²) in [6, 6.07) is 14.8. The molecule has 1 aromatic heterocycles. The fourth-order valence-corrected chi connectivity index (χ4v) is 2.15. The Morgan fingerprint density at radius 2 is 1.82 bits per heavy atom. The van der Waals surface area contributed by atoms with Crippen molar-refractivity contribution in [3.05, 3.63) is 76.9 Å². The van der Waals surface area contributed by atoms with Crippen LogP contribution >= 0.6 is 0 Å². The van der Waals surface area contributed by atoms with Crippen LogP contribution in [0.2, 0.25) is 0 Å². The van der Waals surface area contributed by atoms with Gasteiger partial charge in [0.1, 0.15) is 5.82 Å². The highest BCUT2D eigenvalue weighted by Gasteiger charge is 2.07. The molecule has 22 heavy (non-hydrogen) atoms. The SMILES string of the molecule is Cc1ccccc1CNc1nnc(Cc2ccc(F)cc2)o1. The molecule has 2 aromatic carbocycles. The summed E-state index contributed by atoms with van der Waals surface area (Å²) in [7, 11) is 0. The van der Waals surface area contributed by atoms with Crippen LogP contribution in [-0.2, 0) is 13.0 Å². The largest absolute Gasteiger partial charge is 0.408 e. The van der Waals surface area contributed by atoms with E-state index in [1.165, 1.54) is 23.3 Å². The fraction of sp³-hybridized carbons (Fsp3) is 0.176. The van der Waals surface area contributed by atoms with E-state index in [4.69, 9.17) is 4.42 Å². The van der Waals surface area contributed by atoms with Crippen LogP contribution in [0.25, 0.3) is 0 Å². The molecule has 112 valence electrons. The summed E-state index contributed by atoms with van der Waals surface area (Å²) >= 11 is 0. The molecule has 1 heterocycles. The molecule has 0 aliphatic heterocycles. The molecule has 0 amide bonds. The molecule has 0 bridgehead atoms. The summed E-state index contributed by atoms with van der Waals surface area (Å²) in [5.74, 6) is 0.244. The minimum atomic E-state index is -0.255. The zero-order chi connectivity index (χ0) is 15.4. The topological polar surface area (TPSA) is 51.0 Å². The lowest BCUT2D eigenvalue weighted by atomic mass is 10.1. The number of anilines is 1. The first-order chi connectivity index (χ1) is 10.7. The second kappa shape index (κ2) is 6.39. The Morgan fingerprint density at radius 1 is 1.05 bits per heavy atom. The summed E-state index contributed by atoms with van der Waals surface area (Å²) in [6.45, 7) is 2.69.